The predicted octanol–water partition coefficient (Wildman–Crippen LogP) is 4.65. The Bertz CT molecular complexity index is 988. The van der Waals surface area contributed by atoms with Crippen LogP contribution in [-0.4, -0.2) is 49.0 Å². The van der Waals surface area contributed by atoms with Crippen LogP contribution in [0.2, 0.25) is 10.0 Å². The Morgan fingerprint density at radius 1 is 1.03 bits per heavy atom. The molecule has 0 aromatic heterocycles. The van der Waals surface area contributed by atoms with E-state index in [4.69, 9.17) is 37.4 Å². The van der Waals surface area contributed by atoms with Gasteiger partial charge in [-0.3, -0.25) is 9.59 Å². The highest BCUT2D eigenvalue weighted by Gasteiger charge is 2.31. The quantitative estimate of drug-likeness (QED) is 0.603. The number of halogens is 2. The lowest BCUT2D eigenvalue weighted by Crippen LogP contribution is -2.45. The average molecular weight is 464 g/mol. The van der Waals surface area contributed by atoms with Crippen molar-refractivity contribution in [3.05, 3.63) is 52.0 Å². The highest BCUT2D eigenvalue weighted by Crippen LogP contribution is 2.33. The van der Waals surface area contributed by atoms with Crippen molar-refractivity contribution in [2.45, 2.75) is 25.9 Å². The topological polar surface area (TPSA) is 65.1 Å². The summed E-state index contributed by atoms with van der Waals surface area (Å²) >= 11 is 12.0. The van der Waals surface area contributed by atoms with Crippen LogP contribution in [0.15, 0.2) is 36.4 Å². The Hall–Kier alpha value is -2.44. The van der Waals surface area contributed by atoms with Crippen LogP contribution >= 0.6 is 23.2 Å². The second-order valence-electron chi connectivity index (χ2n) is 7.66. The second-order valence-corrected chi connectivity index (χ2v) is 8.50. The number of hydrogen-bond acceptors (Lipinski definition) is 5. The van der Waals surface area contributed by atoms with Crippen LogP contribution in [0, 0.1) is 5.92 Å². The number of piperidine rings is 1. The monoisotopic (exact) mass is 463 g/mol. The number of rotatable bonds is 5. The number of benzene rings is 2. The number of ketones is 1. The molecule has 0 spiro atoms. The molecule has 164 valence electrons. The zero-order valence-corrected chi connectivity index (χ0v) is 18.6. The molecule has 2 aromatic carbocycles. The van der Waals surface area contributed by atoms with Gasteiger partial charge in [-0.2, -0.15) is 0 Å². The lowest BCUT2D eigenvalue weighted by atomic mass is 9.88. The molecule has 1 fully saturated rings. The Morgan fingerprint density at radius 3 is 2.45 bits per heavy atom. The molecule has 1 amide bonds. The minimum atomic E-state index is -0.691. The van der Waals surface area contributed by atoms with Gasteiger partial charge in [-0.15, -0.1) is 0 Å². The van der Waals surface area contributed by atoms with E-state index < -0.39 is 6.10 Å². The van der Waals surface area contributed by atoms with Gasteiger partial charge < -0.3 is 19.1 Å². The van der Waals surface area contributed by atoms with Gasteiger partial charge >= 0.3 is 0 Å². The van der Waals surface area contributed by atoms with Gasteiger partial charge in [0.2, 0.25) is 0 Å². The first-order valence-electron chi connectivity index (χ1n) is 10.3. The van der Waals surface area contributed by atoms with Gasteiger partial charge in [0.1, 0.15) is 19.0 Å². The van der Waals surface area contributed by atoms with Crippen LogP contribution < -0.4 is 14.2 Å². The summed E-state index contributed by atoms with van der Waals surface area (Å²) in [5.41, 5.74) is 0.614. The normalized spacial score (nSPS) is 17.2. The molecule has 0 saturated carbocycles. The van der Waals surface area contributed by atoms with Gasteiger partial charge in [0.15, 0.2) is 23.4 Å². The van der Waals surface area contributed by atoms with E-state index in [1.165, 1.54) is 0 Å². The molecule has 0 radical (unpaired) electrons. The smallest absolute Gasteiger partial charge is 0.263 e. The Labute approximate surface area is 191 Å². The Morgan fingerprint density at radius 2 is 1.74 bits per heavy atom. The number of hydrogen-bond donors (Lipinski definition) is 0. The molecule has 8 heteroatoms. The Kier molecular flexibility index (Phi) is 6.58. The van der Waals surface area contributed by atoms with Crippen LogP contribution in [0.1, 0.15) is 30.1 Å². The maximum atomic E-state index is 13.0. The van der Waals surface area contributed by atoms with Crippen LogP contribution in [0.25, 0.3) is 0 Å². The molecule has 1 saturated heterocycles. The van der Waals surface area contributed by atoms with E-state index in [2.05, 4.69) is 0 Å². The predicted molar refractivity (Wildman–Crippen MR) is 118 cm³/mol. The largest absolute Gasteiger partial charge is 0.486 e. The average Bonchev–Trinajstić information content (AvgIpc) is 2.79. The van der Waals surface area contributed by atoms with Gasteiger partial charge in [0.25, 0.3) is 5.91 Å². The van der Waals surface area contributed by atoms with Gasteiger partial charge in [-0.25, -0.2) is 0 Å². The fourth-order valence-electron chi connectivity index (χ4n) is 3.86. The number of amides is 1. The van der Waals surface area contributed by atoms with E-state index in [1.54, 1.807) is 48.2 Å². The van der Waals surface area contributed by atoms with Crippen LogP contribution in [-0.2, 0) is 4.79 Å². The first-order valence-corrected chi connectivity index (χ1v) is 11.0. The molecular formula is C23H23Cl2NO5. The molecule has 0 N–H and O–H groups in total. The van der Waals surface area contributed by atoms with Crippen molar-refractivity contribution in [1.82, 2.24) is 4.90 Å². The summed E-state index contributed by atoms with van der Waals surface area (Å²) in [5, 5.41) is 0.858. The zero-order valence-electron chi connectivity index (χ0n) is 17.1. The summed E-state index contributed by atoms with van der Waals surface area (Å²) in [4.78, 5) is 27.5. The molecule has 2 aromatic rings. The number of ether oxygens (including phenoxy) is 3. The van der Waals surface area contributed by atoms with Crippen molar-refractivity contribution < 1.29 is 23.8 Å². The standard InChI is InChI=1S/C23H23Cl2NO5/c1-14(31-19-5-3-17(24)13-18(19)25)23(28)26-8-6-15(7-9-26)22(27)16-2-4-20-21(12-16)30-11-10-29-20/h2-5,12-15H,6-11H2,1H3. The third-order valence-electron chi connectivity index (χ3n) is 5.55. The van der Waals surface area contributed by atoms with Crippen LogP contribution in [0.4, 0.5) is 0 Å². The molecule has 2 heterocycles. The summed E-state index contributed by atoms with van der Waals surface area (Å²) in [6.07, 6.45) is 0.518. The van der Waals surface area contributed by atoms with E-state index >= 15 is 0 Å². The zero-order chi connectivity index (χ0) is 22.0. The summed E-state index contributed by atoms with van der Waals surface area (Å²) in [7, 11) is 0. The molecule has 2 aliphatic heterocycles. The van der Waals surface area contributed by atoms with Gasteiger partial charge in [-0.1, -0.05) is 23.2 Å². The van der Waals surface area contributed by atoms with Crippen molar-refractivity contribution in [1.29, 1.82) is 0 Å². The molecule has 4 rings (SSSR count). The summed E-state index contributed by atoms with van der Waals surface area (Å²) < 4.78 is 16.8. The fraction of sp³-hybridized carbons (Fsp3) is 0.391. The van der Waals surface area contributed by atoms with Gasteiger partial charge in [0.05, 0.1) is 5.02 Å². The number of carbonyl (C=O) groups is 2. The molecule has 0 aliphatic carbocycles. The van der Waals surface area contributed by atoms with Gasteiger partial charge in [-0.05, 0) is 56.2 Å². The highest BCUT2D eigenvalue weighted by atomic mass is 35.5. The highest BCUT2D eigenvalue weighted by molar-refractivity contribution is 6.35. The van der Waals surface area contributed by atoms with Crippen molar-refractivity contribution >= 4 is 34.9 Å². The van der Waals surface area contributed by atoms with Crippen LogP contribution in [0.5, 0.6) is 17.2 Å². The molecule has 31 heavy (non-hydrogen) atoms. The Balaban J connectivity index is 1.33. The summed E-state index contributed by atoms with van der Waals surface area (Å²) in [6.45, 7) is 3.69. The van der Waals surface area contributed by atoms with E-state index in [9.17, 15) is 9.59 Å². The van der Waals surface area contributed by atoms with Crippen molar-refractivity contribution in [3.8, 4) is 17.2 Å². The maximum absolute atomic E-state index is 13.0. The molecule has 2 aliphatic rings. The minimum absolute atomic E-state index is 0.0707. The fourth-order valence-corrected chi connectivity index (χ4v) is 4.32. The summed E-state index contributed by atoms with van der Waals surface area (Å²) in [6, 6.07) is 10.2. The first-order chi connectivity index (χ1) is 14.9. The number of carbonyl (C=O) groups excluding carboxylic acids is 2. The molecule has 6 nitrogen and oxygen atoms in total. The lowest BCUT2D eigenvalue weighted by Gasteiger charge is -2.33. The van der Waals surface area contributed by atoms with E-state index in [0.29, 0.717) is 72.0 Å². The maximum Gasteiger partial charge on any atom is 0.263 e. The molecule has 1 atom stereocenters. The molecule has 0 bridgehead atoms. The number of fused-ring (bicyclic) bond motifs is 1. The minimum Gasteiger partial charge on any atom is -0.486 e. The van der Waals surface area contributed by atoms with Crippen LogP contribution in [0.3, 0.4) is 0 Å². The van der Waals surface area contributed by atoms with Crippen molar-refractivity contribution in [3.63, 3.8) is 0 Å². The van der Waals surface area contributed by atoms with Gasteiger partial charge in [0, 0.05) is 29.6 Å². The lowest BCUT2D eigenvalue weighted by molar-refractivity contribution is -0.139. The molecule has 1 unspecified atom stereocenters. The third kappa shape index (κ3) is 4.91. The van der Waals surface area contributed by atoms with Crippen molar-refractivity contribution in [2.75, 3.05) is 26.3 Å². The van der Waals surface area contributed by atoms with E-state index in [0.717, 1.165) is 0 Å². The number of Topliss-reactive ketones (excluding diaryl/α,β-unsaturated/α-hetero) is 1. The molecular weight excluding hydrogens is 441 g/mol. The summed E-state index contributed by atoms with van der Waals surface area (Å²) in [5.74, 6) is 1.50. The second kappa shape index (κ2) is 9.37. The van der Waals surface area contributed by atoms with Crippen molar-refractivity contribution in [2.24, 2.45) is 5.92 Å². The number of likely N-dealkylation sites (tertiary alicyclic amines) is 1. The number of nitrogens with zero attached hydrogens (tertiary/aromatic N) is 1. The first kappa shape index (κ1) is 21.8. The third-order valence-corrected chi connectivity index (χ3v) is 6.08. The van der Waals surface area contributed by atoms with E-state index in [1.807, 2.05) is 0 Å². The SMILES string of the molecule is CC(Oc1ccc(Cl)cc1Cl)C(=O)N1CCC(C(=O)c2ccc3c(c2)OCCO3)CC1. The van der Waals surface area contributed by atoms with E-state index in [-0.39, 0.29) is 17.6 Å².